The van der Waals surface area contributed by atoms with Crippen LogP contribution in [0.1, 0.15) is 28.1 Å². The zero-order valence-electron chi connectivity index (χ0n) is 10.1. The van der Waals surface area contributed by atoms with E-state index in [-0.39, 0.29) is 5.91 Å². The first-order chi connectivity index (χ1) is 8.15. The minimum Gasteiger partial charge on any atom is -0.366 e. The Kier molecular flexibility index (Phi) is 4.15. The number of piperidine rings is 1. The third kappa shape index (κ3) is 3.52. The lowest BCUT2D eigenvalue weighted by Crippen LogP contribution is -2.43. The van der Waals surface area contributed by atoms with Gasteiger partial charge in [-0.25, -0.2) is 0 Å². The summed E-state index contributed by atoms with van der Waals surface area (Å²) in [6.07, 6.45) is 2.49. The van der Waals surface area contributed by atoms with Crippen LogP contribution < -0.4 is 11.1 Å². The Morgan fingerprint density at radius 2 is 2.53 bits per heavy atom. The van der Waals surface area contributed by atoms with Crippen LogP contribution in [0.4, 0.5) is 0 Å². The van der Waals surface area contributed by atoms with Crippen molar-refractivity contribution >= 4 is 17.2 Å². The molecule has 1 aliphatic rings. The van der Waals surface area contributed by atoms with Crippen LogP contribution in [0.3, 0.4) is 0 Å². The van der Waals surface area contributed by atoms with Crippen molar-refractivity contribution in [2.45, 2.75) is 25.4 Å². The number of carbonyl (C=O) groups excluding carboxylic acids is 1. The first-order valence-corrected chi connectivity index (χ1v) is 6.82. The van der Waals surface area contributed by atoms with Crippen molar-refractivity contribution in [2.24, 2.45) is 5.73 Å². The number of hydrogen-bond donors (Lipinski definition) is 2. The Hall–Kier alpha value is -0.910. The van der Waals surface area contributed by atoms with Crippen LogP contribution in [0, 0.1) is 0 Å². The van der Waals surface area contributed by atoms with Crippen LogP contribution >= 0.6 is 11.3 Å². The van der Waals surface area contributed by atoms with Gasteiger partial charge in [-0.3, -0.25) is 4.79 Å². The molecule has 0 saturated carbocycles. The van der Waals surface area contributed by atoms with E-state index in [1.165, 1.54) is 24.3 Å². The number of likely N-dealkylation sites (N-methyl/N-ethyl adjacent to an activating group) is 1. The van der Waals surface area contributed by atoms with Crippen molar-refractivity contribution in [1.82, 2.24) is 10.2 Å². The molecule has 2 rings (SSSR count). The smallest absolute Gasteiger partial charge is 0.249 e. The molecule has 1 amide bonds. The standard InChI is InChI=1S/C12H19N3OS/c1-15-4-2-3-10(7-15)14-6-11-5-9(8-17-11)12(13)16/h5,8,10,14H,2-4,6-7H2,1H3,(H2,13,16). The first-order valence-electron chi connectivity index (χ1n) is 5.94. The number of amides is 1. The van der Waals surface area contributed by atoms with Gasteiger partial charge in [0.15, 0.2) is 0 Å². The summed E-state index contributed by atoms with van der Waals surface area (Å²) >= 11 is 1.59. The van der Waals surface area contributed by atoms with E-state index in [2.05, 4.69) is 17.3 Å². The maximum absolute atomic E-state index is 11.0. The molecule has 1 aromatic heterocycles. The Bertz CT molecular complexity index is 391. The lowest BCUT2D eigenvalue weighted by molar-refractivity contribution is 0.100. The minimum absolute atomic E-state index is 0.343. The monoisotopic (exact) mass is 253 g/mol. The van der Waals surface area contributed by atoms with Crippen molar-refractivity contribution in [1.29, 1.82) is 0 Å². The second kappa shape index (κ2) is 5.62. The molecule has 1 fully saturated rings. The fraction of sp³-hybridized carbons (Fsp3) is 0.583. The number of nitrogens with zero attached hydrogens (tertiary/aromatic N) is 1. The van der Waals surface area contributed by atoms with Gasteiger partial charge < -0.3 is 16.0 Å². The SMILES string of the molecule is CN1CCCC(NCc2cc(C(N)=O)cs2)C1. The Balaban J connectivity index is 1.82. The zero-order valence-corrected chi connectivity index (χ0v) is 10.9. The lowest BCUT2D eigenvalue weighted by atomic mass is 10.1. The average Bonchev–Trinajstić information content (AvgIpc) is 2.75. The molecule has 0 aromatic carbocycles. The van der Waals surface area contributed by atoms with E-state index in [1.54, 1.807) is 11.3 Å². The molecule has 1 unspecified atom stereocenters. The van der Waals surface area contributed by atoms with Crippen molar-refractivity contribution in [3.8, 4) is 0 Å². The van der Waals surface area contributed by atoms with E-state index in [9.17, 15) is 4.79 Å². The van der Waals surface area contributed by atoms with Gasteiger partial charge in [-0.05, 0) is 32.5 Å². The molecule has 94 valence electrons. The quantitative estimate of drug-likeness (QED) is 0.842. The molecule has 5 heteroatoms. The Morgan fingerprint density at radius 3 is 3.18 bits per heavy atom. The molecule has 3 N–H and O–H groups in total. The Labute approximate surface area is 106 Å². The molecule has 1 saturated heterocycles. The number of carbonyl (C=O) groups is 1. The highest BCUT2D eigenvalue weighted by atomic mass is 32.1. The minimum atomic E-state index is -0.343. The molecule has 1 atom stereocenters. The van der Waals surface area contributed by atoms with E-state index >= 15 is 0 Å². The molecule has 1 aliphatic heterocycles. The van der Waals surface area contributed by atoms with Crippen LogP contribution in [-0.4, -0.2) is 37.0 Å². The molecule has 2 heterocycles. The van der Waals surface area contributed by atoms with Crippen LogP contribution in [0.2, 0.25) is 0 Å². The maximum Gasteiger partial charge on any atom is 0.249 e. The van der Waals surface area contributed by atoms with Crippen molar-refractivity contribution < 1.29 is 4.79 Å². The van der Waals surface area contributed by atoms with Gasteiger partial charge in [-0.1, -0.05) is 0 Å². The van der Waals surface area contributed by atoms with Gasteiger partial charge >= 0.3 is 0 Å². The van der Waals surface area contributed by atoms with Crippen LogP contribution in [0.15, 0.2) is 11.4 Å². The third-order valence-corrected chi connectivity index (χ3v) is 4.06. The van der Waals surface area contributed by atoms with Crippen LogP contribution in [-0.2, 0) is 6.54 Å². The predicted molar refractivity (Wildman–Crippen MR) is 70.2 cm³/mol. The number of hydrogen-bond acceptors (Lipinski definition) is 4. The van der Waals surface area contributed by atoms with Gasteiger partial charge in [0.05, 0.1) is 5.56 Å². The molecule has 0 aliphatic carbocycles. The summed E-state index contributed by atoms with van der Waals surface area (Å²) in [5.74, 6) is -0.343. The van der Waals surface area contributed by atoms with Crippen molar-refractivity contribution in [3.05, 3.63) is 21.9 Å². The van der Waals surface area contributed by atoms with Gasteiger partial charge in [-0.2, -0.15) is 0 Å². The molecule has 0 spiro atoms. The molecular formula is C12H19N3OS. The molecule has 4 nitrogen and oxygen atoms in total. The van der Waals surface area contributed by atoms with Crippen molar-refractivity contribution in [2.75, 3.05) is 20.1 Å². The van der Waals surface area contributed by atoms with E-state index in [1.807, 2.05) is 11.4 Å². The normalized spacial score (nSPS) is 21.6. The van der Waals surface area contributed by atoms with Crippen LogP contribution in [0.5, 0.6) is 0 Å². The fourth-order valence-electron chi connectivity index (χ4n) is 2.18. The molecular weight excluding hydrogens is 234 g/mol. The molecule has 17 heavy (non-hydrogen) atoms. The zero-order chi connectivity index (χ0) is 12.3. The molecule has 1 aromatic rings. The number of thiophene rings is 1. The second-order valence-corrected chi connectivity index (χ2v) is 5.64. The highest BCUT2D eigenvalue weighted by Gasteiger charge is 2.16. The number of nitrogens with two attached hydrogens (primary N) is 1. The van der Waals surface area contributed by atoms with Gasteiger partial charge in [0.1, 0.15) is 0 Å². The summed E-state index contributed by atoms with van der Waals surface area (Å²) < 4.78 is 0. The van der Waals surface area contributed by atoms with E-state index in [4.69, 9.17) is 5.73 Å². The van der Waals surface area contributed by atoms with Gasteiger partial charge in [0.2, 0.25) is 5.91 Å². The first kappa shape index (κ1) is 12.5. The third-order valence-electron chi connectivity index (χ3n) is 3.13. The summed E-state index contributed by atoms with van der Waals surface area (Å²) in [5, 5.41) is 5.36. The molecule has 0 bridgehead atoms. The second-order valence-electron chi connectivity index (χ2n) is 4.65. The number of primary amides is 1. The van der Waals surface area contributed by atoms with Gasteiger partial charge in [-0.15, -0.1) is 11.3 Å². The Morgan fingerprint density at radius 1 is 1.71 bits per heavy atom. The highest BCUT2D eigenvalue weighted by Crippen LogP contribution is 2.15. The molecule has 0 radical (unpaired) electrons. The number of nitrogens with one attached hydrogen (secondary N) is 1. The topological polar surface area (TPSA) is 58.4 Å². The summed E-state index contributed by atoms with van der Waals surface area (Å²) in [6.45, 7) is 3.13. The summed E-state index contributed by atoms with van der Waals surface area (Å²) in [5.41, 5.74) is 5.84. The fourth-order valence-corrected chi connectivity index (χ4v) is 3.00. The maximum atomic E-state index is 11.0. The predicted octanol–water partition coefficient (Wildman–Crippen LogP) is 1.03. The van der Waals surface area contributed by atoms with E-state index in [0.29, 0.717) is 11.6 Å². The van der Waals surface area contributed by atoms with Crippen molar-refractivity contribution in [3.63, 3.8) is 0 Å². The summed E-state index contributed by atoms with van der Waals surface area (Å²) in [4.78, 5) is 14.5. The number of rotatable bonds is 4. The van der Waals surface area contributed by atoms with Gasteiger partial charge in [0.25, 0.3) is 0 Å². The summed E-state index contributed by atoms with van der Waals surface area (Å²) in [6, 6.07) is 2.44. The van der Waals surface area contributed by atoms with Crippen LogP contribution in [0.25, 0.3) is 0 Å². The average molecular weight is 253 g/mol. The van der Waals surface area contributed by atoms with E-state index in [0.717, 1.165) is 13.1 Å². The largest absolute Gasteiger partial charge is 0.366 e. The highest BCUT2D eigenvalue weighted by molar-refractivity contribution is 7.10. The van der Waals surface area contributed by atoms with E-state index < -0.39 is 0 Å². The lowest BCUT2D eigenvalue weighted by Gasteiger charge is -2.30. The van der Waals surface area contributed by atoms with Gasteiger partial charge in [0, 0.05) is 29.4 Å². The number of likely N-dealkylation sites (tertiary alicyclic amines) is 1. The summed E-state index contributed by atoms with van der Waals surface area (Å²) in [7, 11) is 2.16.